The van der Waals surface area contributed by atoms with E-state index in [4.69, 9.17) is 0 Å². The first-order valence-corrected chi connectivity index (χ1v) is 16.2. The zero-order valence-corrected chi connectivity index (χ0v) is 25.6. The lowest BCUT2D eigenvalue weighted by molar-refractivity contribution is 0.794. The van der Waals surface area contributed by atoms with Crippen molar-refractivity contribution in [1.82, 2.24) is 10.2 Å². The maximum absolute atomic E-state index is 4.63. The van der Waals surface area contributed by atoms with Crippen molar-refractivity contribution in [2.24, 2.45) is 0 Å². The Morgan fingerprint density at radius 1 is 0.319 bits per heavy atom. The molecule has 7 aromatic carbocycles. The molecule has 0 bridgehead atoms. The third-order valence-corrected chi connectivity index (χ3v) is 10.2. The maximum atomic E-state index is 4.63. The Bertz CT molecular complexity index is 2460. The minimum Gasteiger partial charge on any atom is -0.150 e. The summed E-state index contributed by atoms with van der Waals surface area (Å²) in [5.74, 6) is 0. The second kappa shape index (κ2) is 9.94. The number of aromatic nitrogens is 2. The molecule has 0 saturated heterocycles. The van der Waals surface area contributed by atoms with Gasteiger partial charge in [-0.2, -0.15) is 0 Å². The van der Waals surface area contributed by atoms with Crippen molar-refractivity contribution in [2.75, 3.05) is 0 Å². The molecule has 2 aliphatic carbocycles. The first-order chi connectivity index (χ1) is 23.3. The van der Waals surface area contributed by atoms with Crippen LogP contribution in [-0.4, -0.2) is 10.2 Å². The number of fused-ring (bicyclic) bond motifs is 11. The van der Waals surface area contributed by atoms with Gasteiger partial charge >= 0.3 is 0 Å². The van der Waals surface area contributed by atoms with E-state index >= 15 is 0 Å². The maximum Gasteiger partial charge on any atom is 0.0936 e. The third kappa shape index (κ3) is 3.67. The smallest absolute Gasteiger partial charge is 0.0936 e. The SMILES string of the molecule is c1ccc2c(c1)-c1ccccc1C21c2ccccc2-c2cc(-c3ccc(-c4ccc(-c5cccc6ccccc56)nn4)cc3)ccc21. The van der Waals surface area contributed by atoms with Crippen LogP contribution in [0.3, 0.4) is 0 Å². The summed E-state index contributed by atoms with van der Waals surface area (Å²) in [4.78, 5) is 0. The summed E-state index contributed by atoms with van der Waals surface area (Å²) < 4.78 is 0. The van der Waals surface area contributed by atoms with Crippen LogP contribution in [-0.2, 0) is 5.41 Å². The molecule has 47 heavy (non-hydrogen) atoms. The highest BCUT2D eigenvalue weighted by Gasteiger charge is 2.51. The Hall–Kier alpha value is -6.12. The fourth-order valence-electron chi connectivity index (χ4n) is 8.19. The van der Waals surface area contributed by atoms with Crippen molar-refractivity contribution in [3.63, 3.8) is 0 Å². The molecular weight excluding hydrogens is 569 g/mol. The summed E-state index contributed by atoms with van der Waals surface area (Å²) in [5.41, 5.74) is 16.7. The summed E-state index contributed by atoms with van der Waals surface area (Å²) in [6.45, 7) is 0. The van der Waals surface area contributed by atoms with E-state index in [0.29, 0.717) is 0 Å². The predicted molar refractivity (Wildman–Crippen MR) is 192 cm³/mol. The van der Waals surface area contributed by atoms with Crippen LogP contribution < -0.4 is 0 Å². The number of benzene rings is 7. The minimum atomic E-state index is -0.307. The van der Waals surface area contributed by atoms with Crippen LogP contribution >= 0.6 is 0 Å². The van der Waals surface area contributed by atoms with E-state index in [0.717, 1.165) is 22.5 Å². The van der Waals surface area contributed by atoms with Gasteiger partial charge in [0.1, 0.15) is 0 Å². The molecule has 8 aromatic rings. The van der Waals surface area contributed by atoms with Gasteiger partial charge in [0.05, 0.1) is 16.8 Å². The third-order valence-electron chi connectivity index (χ3n) is 10.2. The van der Waals surface area contributed by atoms with E-state index < -0.39 is 0 Å². The highest BCUT2D eigenvalue weighted by molar-refractivity contribution is 5.97. The van der Waals surface area contributed by atoms with E-state index in [1.54, 1.807) is 0 Å². The summed E-state index contributed by atoms with van der Waals surface area (Å²) in [5, 5.41) is 11.7. The van der Waals surface area contributed by atoms with E-state index in [2.05, 4.69) is 180 Å². The van der Waals surface area contributed by atoms with Gasteiger partial charge in [0.15, 0.2) is 0 Å². The summed E-state index contributed by atoms with van der Waals surface area (Å²) in [6, 6.07) is 61.5. The van der Waals surface area contributed by atoms with Gasteiger partial charge in [0, 0.05) is 11.1 Å². The van der Waals surface area contributed by atoms with Crippen LogP contribution in [0.15, 0.2) is 170 Å². The van der Waals surface area contributed by atoms with E-state index in [-0.39, 0.29) is 5.41 Å². The molecule has 1 aromatic heterocycles. The molecule has 0 fully saturated rings. The fraction of sp³-hybridized carbons (Fsp3) is 0.0222. The van der Waals surface area contributed by atoms with Crippen molar-refractivity contribution in [1.29, 1.82) is 0 Å². The molecule has 0 aliphatic heterocycles. The van der Waals surface area contributed by atoms with Crippen LogP contribution in [0.1, 0.15) is 22.3 Å². The summed E-state index contributed by atoms with van der Waals surface area (Å²) >= 11 is 0. The van der Waals surface area contributed by atoms with Crippen molar-refractivity contribution < 1.29 is 0 Å². The lowest BCUT2D eigenvalue weighted by atomic mass is 9.70. The Labute approximate surface area is 273 Å². The van der Waals surface area contributed by atoms with Gasteiger partial charge in [-0.25, -0.2) is 0 Å². The molecule has 0 saturated carbocycles. The molecule has 0 atom stereocenters. The monoisotopic (exact) mass is 596 g/mol. The highest BCUT2D eigenvalue weighted by Crippen LogP contribution is 2.62. The van der Waals surface area contributed by atoms with Crippen LogP contribution in [0.25, 0.3) is 66.7 Å². The molecule has 2 heteroatoms. The summed E-state index contributed by atoms with van der Waals surface area (Å²) in [7, 11) is 0. The Morgan fingerprint density at radius 2 is 0.809 bits per heavy atom. The molecule has 1 heterocycles. The molecule has 0 N–H and O–H groups in total. The van der Waals surface area contributed by atoms with Crippen molar-refractivity contribution in [3.05, 3.63) is 192 Å². The van der Waals surface area contributed by atoms with Gasteiger partial charge < -0.3 is 0 Å². The second-order valence-corrected chi connectivity index (χ2v) is 12.6. The Balaban J connectivity index is 1.03. The second-order valence-electron chi connectivity index (χ2n) is 12.6. The fourth-order valence-corrected chi connectivity index (χ4v) is 8.19. The van der Waals surface area contributed by atoms with Crippen molar-refractivity contribution >= 4 is 10.8 Å². The summed E-state index contributed by atoms with van der Waals surface area (Å²) in [6.07, 6.45) is 0. The molecule has 2 nitrogen and oxygen atoms in total. The standard InChI is InChI=1S/C45H28N2/c1-2-12-33-30(10-1)11-9-16-37(33)44-27-26-43(46-47-44)31-22-20-29(21-23-31)32-24-25-42-38(28-32)36-15-5-8-19-41(36)45(42)39-17-6-3-13-34(39)35-14-4-7-18-40(35)45/h1-28H. The molecule has 218 valence electrons. The van der Waals surface area contributed by atoms with E-state index in [9.17, 15) is 0 Å². The van der Waals surface area contributed by atoms with Gasteiger partial charge in [0.2, 0.25) is 0 Å². The van der Waals surface area contributed by atoms with E-state index in [1.165, 1.54) is 66.4 Å². The quantitative estimate of drug-likeness (QED) is 0.203. The topological polar surface area (TPSA) is 25.8 Å². The predicted octanol–water partition coefficient (Wildman–Crippen LogP) is 11.0. The Morgan fingerprint density at radius 3 is 1.49 bits per heavy atom. The lowest BCUT2D eigenvalue weighted by Gasteiger charge is -2.30. The Kier molecular flexibility index (Phi) is 5.53. The molecular formula is C45H28N2. The average Bonchev–Trinajstić information content (AvgIpc) is 3.62. The lowest BCUT2D eigenvalue weighted by Crippen LogP contribution is -2.25. The zero-order valence-electron chi connectivity index (χ0n) is 25.6. The molecule has 10 rings (SSSR count). The van der Waals surface area contributed by atoms with Gasteiger partial charge in [-0.15, -0.1) is 10.2 Å². The minimum absolute atomic E-state index is 0.307. The zero-order chi connectivity index (χ0) is 31.0. The first kappa shape index (κ1) is 26.1. The van der Waals surface area contributed by atoms with Gasteiger partial charge in [0.25, 0.3) is 0 Å². The first-order valence-electron chi connectivity index (χ1n) is 16.2. The molecule has 0 unspecified atom stereocenters. The van der Waals surface area contributed by atoms with E-state index in [1.807, 2.05) is 0 Å². The van der Waals surface area contributed by atoms with Crippen molar-refractivity contribution in [2.45, 2.75) is 5.41 Å². The van der Waals surface area contributed by atoms with Crippen molar-refractivity contribution in [3.8, 4) is 55.9 Å². The van der Waals surface area contributed by atoms with Gasteiger partial charge in [-0.05, 0) is 84.6 Å². The number of hydrogen-bond donors (Lipinski definition) is 0. The number of rotatable bonds is 3. The highest BCUT2D eigenvalue weighted by atomic mass is 15.1. The number of nitrogens with zero attached hydrogens (tertiary/aromatic N) is 2. The number of hydrogen-bond acceptors (Lipinski definition) is 2. The molecule has 0 amide bonds. The van der Waals surface area contributed by atoms with Gasteiger partial charge in [-0.1, -0.05) is 152 Å². The normalized spacial score (nSPS) is 13.3. The molecule has 1 spiro atoms. The van der Waals surface area contributed by atoms with Crippen LogP contribution in [0.4, 0.5) is 0 Å². The molecule has 2 aliphatic rings. The van der Waals surface area contributed by atoms with Crippen LogP contribution in [0, 0.1) is 0 Å². The van der Waals surface area contributed by atoms with Crippen LogP contribution in [0.5, 0.6) is 0 Å². The molecule has 0 radical (unpaired) electrons. The largest absolute Gasteiger partial charge is 0.150 e. The van der Waals surface area contributed by atoms with Crippen LogP contribution in [0.2, 0.25) is 0 Å². The van der Waals surface area contributed by atoms with Gasteiger partial charge in [-0.3, -0.25) is 0 Å². The average molecular weight is 597 g/mol.